The van der Waals surface area contributed by atoms with E-state index >= 15 is 0 Å². The van der Waals surface area contributed by atoms with Crippen molar-refractivity contribution in [2.24, 2.45) is 0 Å². The lowest BCUT2D eigenvalue weighted by atomic mass is 10.1. The van der Waals surface area contributed by atoms with Crippen molar-refractivity contribution in [1.29, 1.82) is 0 Å². The molecule has 0 aromatic heterocycles. The van der Waals surface area contributed by atoms with Crippen molar-refractivity contribution < 1.29 is 0 Å². The second-order valence-electron chi connectivity index (χ2n) is 3.37. The molecule has 1 aromatic rings. The molecule has 0 unspecified atom stereocenters. The Kier molecular flexibility index (Phi) is 3.81. The number of anilines is 2. The van der Waals surface area contributed by atoms with Crippen molar-refractivity contribution in [3.63, 3.8) is 0 Å². The van der Waals surface area contributed by atoms with Gasteiger partial charge in [-0.3, -0.25) is 0 Å². The van der Waals surface area contributed by atoms with E-state index in [0.717, 1.165) is 13.1 Å². The Hall–Kier alpha value is -1.18. The summed E-state index contributed by atoms with van der Waals surface area (Å²) in [6.45, 7) is 8.67. The SMILES string of the molecule is CCN(CC)c1cccc(NC)c1C. The molecule has 0 heterocycles. The average molecular weight is 192 g/mol. The van der Waals surface area contributed by atoms with E-state index in [-0.39, 0.29) is 0 Å². The minimum atomic E-state index is 1.06. The van der Waals surface area contributed by atoms with Crippen molar-refractivity contribution in [1.82, 2.24) is 0 Å². The van der Waals surface area contributed by atoms with Gasteiger partial charge in [0.25, 0.3) is 0 Å². The third-order valence-electron chi connectivity index (χ3n) is 2.68. The molecule has 0 saturated carbocycles. The highest BCUT2D eigenvalue weighted by Crippen LogP contribution is 2.25. The van der Waals surface area contributed by atoms with Gasteiger partial charge in [0.2, 0.25) is 0 Å². The predicted molar refractivity (Wildman–Crippen MR) is 64.3 cm³/mol. The molecule has 78 valence electrons. The quantitative estimate of drug-likeness (QED) is 0.789. The van der Waals surface area contributed by atoms with Crippen LogP contribution in [0.1, 0.15) is 19.4 Å². The summed E-state index contributed by atoms with van der Waals surface area (Å²) in [5.41, 5.74) is 3.88. The first kappa shape index (κ1) is 10.9. The molecule has 2 heteroatoms. The Morgan fingerprint density at radius 2 is 1.86 bits per heavy atom. The van der Waals surface area contributed by atoms with E-state index in [9.17, 15) is 0 Å². The van der Waals surface area contributed by atoms with Crippen LogP contribution in [0.15, 0.2) is 18.2 Å². The summed E-state index contributed by atoms with van der Waals surface area (Å²) < 4.78 is 0. The third kappa shape index (κ3) is 2.00. The normalized spacial score (nSPS) is 10.0. The molecule has 0 spiro atoms. The van der Waals surface area contributed by atoms with Crippen molar-refractivity contribution >= 4 is 11.4 Å². The van der Waals surface area contributed by atoms with Crippen LogP contribution < -0.4 is 10.2 Å². The summed E-state index contributed by atoms with van der Waals surface area (Å²) in [6, 6.07) is 6.40. The van der Waals surface area contributed by atoms with Gasteiger partial charge >= 0.3 is 0 Å². The van der Waals surface area contributed by atoms with Crippen LogP contribution >= 0.6 is 0 Å². The van der Waals surface area contributed by atoms with Gasteiger partial charge in [-0.1, -0.05) is 6.07 Å². The first-order valence-corrected chi connectivity index (χ1v) is 5.26. The van der Waals surface area contributed by atoms with Crippen LogP contribution in [-0.4, -0.2) is 20.1 Å². The predicted octanol–water partition coefficient (Wildman–Crippen LogP) is 2.88. The summed E-state index contributed by atoms with van der Waals surface area (Å²) in [5, 5.41) is 3.21. The molecular formula is C12H20N2. The highest BCUT2D eigenvalue weighted by molar-refractivity contribution is 5.65. The Morgan fingerprint density at radius 3 is 2.36 bits per heavy atom. The zero-order valence-corrected chi connectivity index (χ0v) is 9.59. The Morgan fingerprint density at radius 1 is 1.21 bits per heavy atom. The lowest BCUT2D eigenvalue weighted by Crippen LogP contribution is -2.22. The second kappa shape index (κ2) is 4.89. The molecule has 0 fully saturated rings. The van der Waals surface area contributed by atoms with Crippen LogP contribution in [0.4, 0.5) is 11.4 Å². The van der Waals surface area contributed by atoms with Gasteiger partial charge in [-0.15, -0.1) is 0 Å². The Balaban J connectivity index is 3.07. The molecule has 0 aliphatic heterocycles. The third-order valence-corrected chi connectivity index (χ3v) is 2.68. The topological polar surface area (TPSA) is 15.3 Å². The van der Waals surface area contributed by atoms with E-state index in [1.165, 1.54) is 16.9 Å². The van der Waals surface area contributed by atoms with Crippen LogP contribution in [0.5, 0.6) is 0 Å². The summed E-state index contributed by atoms with van der Waals surface area (Å²) in [7, 11) is 1.97. The van der Waals surface area contributed by atoms with Crippen molar-refractivity contribution in [2.75, 3.05) is 30.4 Å². The number of nitrogens with zero attached hydrogens (tertiary/aromatic N) is 1. The van der Waals surface area contributed by atoms with E-state index in [0.29, 0.717) is 0 Å². The number of benzene rings is 1. The van der Waals surface area contributed by atoms with Crippen LogP contribution in [0.3, 0.4) is 0 Å². The summed E-state index contributed by atoms with van der Waals surface area (Å²) in [4.78, 5) is 2.37. The molecule has 0 bridgehead atoms. The van der Waals surface area contributed by atoms with Gasteiger partial charge in [0.05, 0.1) is 0 Å². The molecule has 0 aliphatic rings. The van der Waals surface area contributed by atoms with E-state index in [1.54, 1.807) is 0 Å². The van der Waals surface area contributed by atoms with E-state index in [1.807, 2.05) is 7.05 Å². The van der Waals surface area contributed by atoms with E-state index in [4.69, 9.17) is 0 Å². The van der Waals surface area contributed by atoms with E-state index in [2.05, 4.69) is 49.2 Å². The van der Waals surface area contributed by atoms with Gasteiger partial charge in [0, 0.05) is 31.5 Å². The fourth-order valence-electron chi connectivity index (χ4n) is 1.80. The maximum absolute atomic E-state index is 3.21. The van der Waals surface area contributed by atoms with Gasteiger partial charge in [-0.25, -0.2) is 0 Å². The molecule has 0 saturated heterocycles. The molecule has 1 rings (SSSR count). The fourth-order valence-corrected chi connectivity index (χ4v) is 1.80. The Labute approximate surface area is 86.9 Å². The standard InChI is InChI=1S/C12H20N2/c1-5-14(6-2)12-9-7-8-11(13-4)10(12)3/h7-9,13H,5-6H2,1-4H3. The number of nitrogens with one attached hydrogen (secondary N) is 1. The minimum Gasteiger partial charge on any atom is -0.388 e. The maximum Gasteiger partial charge on any atom is 0.0416 e. The molecule has 14 heavy (non-hydrogen) atoms. The van der Waals surface area contributed by atoms with E-state index < -0.39 is 0 Å². The van der Waals surface area contributed by atoms with Crippen molar-refractivity contribution in [3.8, 4) is 0 Å². The molecular weight excluding hydrogens is 172 g/mol. The first-order valence-electron chi connectivity index (χ1n) is 5.26. The highest BCUT2D eigenvalue weighted by Gasteiger charge is 2.07. The van der Waals surface area contributed by atoms with Crippen molar-refractivity contribution in [3.05, 3.63) is 23.8 Å². The van der Waals surface area contributed by atoms with Gasteiger partial charge in [-0.2, -0.15) is 0 Å². The fraction of sp³-hybridized carbons (Fsp3) is 0.500. The summed E-state index contributed by atoms with van der Waals surface area (Å²) in [5.74, 6) is 0. The summed E-state index contributed by atoms with van der Waals surface area (Å²) >= 11 is 0. The maximum atomic E-state index is 3.21. The molecule has 1 N–H and O–H groups in total. The molecule has 0 radical (unpaired) electrons. The second-order valence-corrected chi connectivity index (χ2v) is 3.37. The zero-order chi connectivity index (χ0) is 10.6. The molecule has 1 aromatic carbocycles. The number of hydrogen-bond acceptors (Lipinski definition) is 2. The lowest BCUT2D eigenvalue weighted by Gasteiger charge is -2.24. The van der Waals surface area contributed by atoms with Crippen LogP contribution in [0, 0.1) is 6.92 Å². The number of rotatable bonds is 4. The first-order chi connectivity index (χ1) is 6.74. The molecule has 0 aliphatic carbocycles. The zero-order valence-electron chi connectivity index (χ0n) is 9.59. The molecule has 2 nitrogen and oxygen atoms in total. The minimum absolute atomic E-state index is 1.06. The molecule has 0 atom stereocenters. The van der Waals surface area contributed by atoms with Gasteiger partial charge in [-0.05, 0) is 38.5 Å². The molecule has 0 amide bonds. The van der Waals surface area contributed by atoms with Crippen LogP contribution in [0.2, 0.25) is 0 Å². The Bertz CT molecular complexity index is 290. The average Bonchev–Trinajstić information content (AvgIpc) is 2.22. The largest absolute Gasteiger partial charge is 0.388 e. The highest BCUT2D eigenvalue weighted by atomic mass is 15.1. The lowest BCUT2D eigenvalue weighted by molar-refractivity contribution is 0.862. The summed E-state index contributed by atoms with van der Waals surface area (Å²) in [6.07, 6.45) is 0. The number of hydrogen-bond donors (Lipinski definition) is 1. The van der Waals surface area contributed by atoms with Gasteiger partial charge in [0.1, 0.15) is 0 Å². The van der Waals surface area contributed by atoms with Crippen LogP contribution in [0.25, 0.3) is 0 Å². The van der Waals surface area contributed by atoms with Crippen molar-refractivity contribution in [2.45, 2.75) is 20.8 Å². The van der Waals surface area contributed by atoms with Crippen LogP contribution in [-0.2, 0) is 0 Å². The monoisotopic (exact) mass is 192 g/mol. The smallest absolute Gasteiger partial charge is 0.0416 e. The van der Waals surface area contributed by atoms with Gasteiger partial charge in [0.15, 0.2) is 0 Å². The van der Waals surface area contributed by atoms with Gasteiger partial charge < -0.3 is 10.2 Å².